The highest BCUT2D eigenvalue weighted by Gasteiger charge is 2.17. The third kappa shape index (κ3) is 3.11. The molecule has 0 fully saturated rings. The number of carboxylic acids is 1. The van der Waals surface area contributed by atoms with Crippen molar-refractivity contribution in [2.45, 2.75) is 18.9 Å². The third-order valence-corrected chi connectivity index (χ3v) is 3.74. The lowest BCUT2D eigenvalue weighted by molar-refractivity contribution is -0.137. The van der Waals surface area contributed by atoms with Crippen molar-refractivity contribution in [3.63, 3.8) is 0 Å². The summed E-state index contributed by atoms with van der Waals surface area (Å²) in [6, 6.07) is 9.37. The molecule has 0 aromatic heterocycles. The second-order valence-electron chi connectivity index (χ2n) is 4.59. The van der Waals surface area contributed by atoms with Crippen LogP contribution in [0.2, 0.25) is 0 Å². The van der Waals surface area contributed by atoms with Gasteiger partial charge in [0.05, 0.1) is 7.11 Å². The molecule has 5 heteroatoms. The predicted octanol–water partition coefficient (Wildman–Crippen LogP) is 3.48. The van der Waals surface area contributed by atoms with E-state index in [1.165, 1.54) is 0 Å². The van der Waals surface area contributed by atoms with E-state index < -0.39 is 5.97 Å². The van der Waals surface area contributed by atoms with E-state index in [9.17, 15) is 4.79 Å². The van der Waals surface area contributed by atoms with Crippen molar-refractivity contribution in [3.8, 4) is 5.75 Å². The Bertz CT molecular complexity index is 642. The molecule has 0 heterocycles. The first-order valence-corrected chi connectivity index (χ1v) is 7.05. The molecule has 2 aromatic carbocycles. The van der Waals surface area contributed by atoms with Gasteiger partial charge in [-0.3, -0.25) is 4.79 Å². The number of fused-ring (bicyclic) bond motifs is 1. The Morgan fingerprint density at radius 3 is 2.80 bits per heavy atom. The summed E-state index contributed by atoms with van der Waals surface area (Å²) in [6.45, 7) is 0. The lowest BCUT2D eigenvalue weighted by atomic mass is 9.95. The number of aliphatic carboxylic acids is 1. The van der Waals surface area contributed by atoms with Crippen LogP contribution in [0, 0.1) is 0 Å². The van der Waals surface area contributed by atoms with Crippen molar-refractivity contribution in [2.75, 3.05) is 7.11 Å². The standard InChI is InChI=1S/C15H16BrNO3/c1-20-13-6-2-9-8-10(16)3-4-11(9)15(13)12(17)5-7-14(18)19/h2-4,6,8,12H,5,7,17H2,1H3,(H,18,19). The zero-order valence-corrected chi connectivity index (χ0v) is 12.7. The zero-order chi connectivity index (χ0) is 14.7. The number of rotatable bonds is 5. The summed E-state index contributed by atoms with van der Waals surface area (Å²) in [5, 5.41) is 10.8. The monoisotopic (exact) mass is 337 g/mol. The molecule has 2 aromatic rings. The van der Waals surface area contributed by atoms with E-state index in [2.05, 4.69) is 15.9 Å². The molecule has 0 radical (unpaired) electrons. The third-order valence-electron chi connectivity index (χ3n) is 3.24. The van der Waals surface area contributed by atoms with Gasteiger partial charge < -0.3 is 15.6 Å². The van der Waals surface area contributed by atoms with Crippen LogP contribution in [0.4, 0.5) is 0 Å². The van der Waals surface area contributed by atoms with Crippen molar-refractivity contribution < 1.29 is 14.6 Å². The second-order valence-corrected chi connectivity index (χ2v) is 5.50. The molecule has 0 saturated heterocycles. The molecule has 1 unspecified atom stereocenters. The number of carbonyl (C=O) groups is 1. The number of benzene rings is 2. The molecule has 0 bridgehead atoms. The number of methoxy groups -OCH3 is 1. The van der Waals surface area contributed by atoms with Gasteiger partial charge in [0.2, 0.25) is 0 Å². The lowest BCUT2D eigenvalue weighted by Crippen LogP contribution is -2.14. The minimum atomic E-state index is -0.845. The largest absolute Gasteiger partial charge is 0.496 e. The fourth-order valence-electron chi connectivity index (χ4n) is 2.29. The molecular weight excluding hydrogens is 322 g/mol. The summed E-state index contributed by atoms with van der Waals surface area (Å²) in [4.78, 5) is 10.7. The summed E-state index contributed by atoms with van der Waals surface area (Å²) in [5.74, 6) is -0.153. The summed E-state index contributed by atoms with van der Waals surface area (Å²) in [6.07, 6.45) is 0.415. The lowest BCUT2D eigenvalue weighted by Gasteiger charge is -2.18. The van der Waals surface area contributed by atoms with Gasteiger partial charge in [-0.2, -0.15) is 0 Å². The van der Waals surface area contributed by atoms with Gasteiger partial charge in [-0.25, -0.2) is 0 Å². The molecule has 4 nitrogen and oxygen atoms in total. The van der Waals surface area contributed by atoms with Crippen LogP contribution in [0.1, 0.15) is 24.4 Å². The maximum Gasteiger partial charge on any atom is 0.303 e. The first-order valence-electron chi connectivity index (χ1n) is 6.26. The number of halogens is 1. The topological polar surface area (TPSA) is 72.5 Å². The second kappa shape index (κ2) is 6.24. The summed E-state index contributed by atoms with van der Waals surface area (Å²) >= 11 is 3.44. The highest BCUT2D eigenvalue weighted by Crippen LogP contribution is 2.35. The first-order chi connectivity index (χ1) is 9.52. The van der Waals surface area contributed by atoms with Gasteiger partial charge in [0.25, 0.3) is 0 Å². The molecule has 0 aliphatic rings. The van der Waals surface area contributed by atoms with Crippen molar-refractivity contribution in [2.24, 2.45) is 5.73 Å². The maximum absolute atomic E-state index is 10.7. The number of hydrogen-bond acceptors (Lipinski definition) is 3. The van der Waals surface area contributed by atoms with E-state index >= 15 is 0 Å². The van der Waals surface area contributed by atoms with Crippen LogP contribution in [-0.4, -0.2) is 18.2 Å². The quantitative estimate of drug-likeness (QED) is 0.876. The Morgan fingerprint density at radius 1 is 1.40 bits per heavy atom. The summed E-state index contributed by atoms with van der Waals surface area (Å²) in [5.41, 5.74) is 7.03. The highest BCUT2D eigenvalue weighted by atomic mass is 79.9. The minimum Gasteiger partial charge on any atom is -0.496 e. The fraction of sp³-hybridized carbons (Fsp3) is 0.267. The van der Waals surface area contributed by atoms with E-state index in [0.29, 0.717) is 12.2 Å². The molecule has 0 amide bonds. The Kier molecular flexibility index (Phi) is 4.62. The molecular formula is C15H16BrNO3. The van der Waals surface area contributed by atoms with Crippen molar-refractivity contribution in [1.29, 1.82) is 0 Å². The predicted molar refractivity (Wildman–Crippen MR) is 82.0 cm³/mol. The number of nitrogens with two attached hydrogens (primary N) is 1. The van der Waals surface area contributed by atoms with Crippen molar-refractivity contribution >= 4 is 32.7 Å². The molecule has 1 atom stereocenters. The van der Waals surface area contributed by atoms with Crippen LogP contribution in [0.3, 0.4) is 0 Å². The van der Waals surface area contributed by atoms with E-state index in [-0.39, 0.29) is 12.5 Å². The zero-order valence-electron chi connectivity index (χ0n) is 11.1. The van der Waals surface area contributed by atoms with Crippen LogP contribution in [-0.2, 0) is 4.79 Å². The fourth-order valence-corrected chi connectivity index (χ4v) is 2.67. The van der Waals surface area contributed by atoms with Crippen LogP contribution in [0.25, 0.3) is 10.8 Å². The van der Waals surface area contributed by atoms with Crippen LogP contribution in [0.5, 0.6) is 5.75 Å². The highest BCUT2D eigenvalue weighted by molar-refractivity contribution is 9.10. The van der Waals surface area contributed by atoms with Gasteiger partial charge in [0.1, 0.15) is 5.75 Å². The number of carboxylic acid groups (broad SMARTS) is 1. The number of hydrogen-bond donors (Lipinski definition) is 2. The molecule has 3 N–H and O–H groups in total. The Labute approximate surface area is 125 Å². The van der Waals surface area contributed by atoms with Gasteiger partial charge in [-0.15, -0.1) is 0 Å². The van der Waals surface area contributed by atoms with E-state index in [1.807, 2.05) is 30.3 Å². The van der Waals surface area contributed by atoms with Crippen molar-refractivity contribution in [1.82, 2.24) is 0 Å². The first kappa shape index (κ1) is 14.8. The molecule has 0 spiro atoms. The summed E-state index contributed by atoms with van der Waals surface area (Å²) in [7, 11) is 1.59. The Morgan fingerprint density at radius 2 is 2.15 bits per heavy atom. The normalized spacial score (nSPS) is 12.3. The van der Waals surface area contributed by atoms with Crippen LogP contribution >= 0.6 is 15.9 Å². The summed E-state index contributed by atoms with van der Waals surface area (Å²) < 4.78 is 6.36. The van der Waals surface area contributed by atoms with Gasteiger partial charge in [0.15, 0.2) is 0 Å². The Hall–Kier alpha value is -1.59. The molecule has 0 aliphatic heterocycles. The average molecular weight is 338 g/mol. The maximum atomic E-state index is 10.7. The average Bonchev–Trinajstić information content (AvgIpc) is 2.43. The van der Waals surface area contributed by atoms with E-state index in [4.69, 9.17) is 15.6 Å². The molecule has 0 saturated carbocycles. The molecule has 20 heavy (non-hydrogen) atoms. The molecule has 0 aliphatic carbocycles. The Balaban J connectivity index is 2.50. The van der Waals surface area contributed by atoms with Gasteiger partial charge >= 0.3 is 5.97 Å². The van der Waals surface area contributed by atoms with Gasteiger partial charge in [-0.1, -0.05) is 28.1 Å². The smallest absolute Gasteiger partial charge is 0.303 e. The minimum absolute atomic E-state index is 0.0389. The van der Waals surface area contributed by atoms with E-state index in [1.54, 1.807) is 7.11 Å². The van der Waals surface area contributed by atoms with Gasteiger partial charge in [0, 0.05) is 22.5 Å². The SMILES string of the molecule is COc1ccc2cc(Br)ccc2c1C(N)CCC(=O)O. The molecule has 2 rings (SSSR count). The van der Waals surface area contributed by atoms with Crippen molar-refractivity contribution in [3.05, 3.63) is 40.4 Å². The molecule has 106 valence electrons. The van der Waals surface area contributed by atoms with Gasteiger partial charge in [-0.05, 0) is 35.4 Å². The number of ether oxygens (including phenoxy) is 1. The van der Waals surface area contributed by atoms with Crippen LogP contribution in [0.15, 0.2) is 34.8 Å². The van der Waals surface area contributed by atoms with Crippen LogP contribution < -0.4 is 10.5 Å². The van der Waals surface area contributed by atoms with E-state index in [0.717, 1.165) is 20.8 Å².